The van der Waals surface area contributed by atoms with Gasteiger partial charge in [-0.1, -0.05) is 0 Å². The first-order valence-electron chi connectivity index (χ1n) is 6.83. The molecular weight excluding hydrogens is 420 g/mol. The van der Waals surface area contributed by atoms with Crippen molar-refractivity contribution in [2.45, 2.75) is 4.90 Å². The van der Waals surface area contributed by atoms with Gasteiger partial charge >= 0.3 is 5.97 Å². The predicted octanol–water partition coefficient (Wildman–Crippen LogP) is 3.26. The number of anilines is 1. The second-order valence-corrected chi connectivity index (χ2v) is 7.08. The van der Waals surface area contributed by atoms with Crippen LogP contribution in [-0.4, -0.2) is 28.9 Å². The van der Waals surface area contributed by atoms with Crippen molar-refractivity contribution in [3.63, 3.8) is 0 Å². The molecule has 0 aliphatic rings. The summed E-state index contributed by atoms with van der Waals surface area (Å²) in [6, 6.07) is 7.48. The Kier molecular flexibility index (Phi) is 6.38. The maximum absolute atomic E-state index is 13.6. The van der Waals surface area contributed by atoms with E-state index in [1.165, 1.54) is 30.5 Å². The molecule has 1 atom stereocenters. The lowest BCUT2D eigenvalue weighted by Crippen LogP contribution is -2.21. The molecule has 1 amide bonds. The van der Waals surface area contributed by atoms with Crippen LogP contribution in [0.1, 0.15) is 10.4 Å². The minimum atomic E-state index is -1.17. The number of esters is 1. The summed E-state index contributed by atoms with van der Waals surface area (Å²) in [5.74, 6) is -3.31. The number of ether oxygens (including phenoxy) is 1. The lowest BCUT2D eigenvalue weighted by molar-refractivity contribution is -0.119. The van der Waals surface area contributed by atoms with Gasteiger partial charge in [0.05, 0.1) is 11.3 Å². The molecule has 2 aromatic rings. The molecular formula is C16H12BrF2NO4S. The Labute approximate surface area is 153 Å². The van der Waals surface area contributed by atoms with Crippen LogP contribution < -0.4 is 5.32 Å². The first kappa shape index (κ1) is 19.2. The molecule has 0 aliphatic heterocycles. The van der Waals surface area contributed by atoms with Gasteiger partial charge in [-0.3, -0.25) is 9.00 Å². The maximum atomic E-state index is 13.6. The third kappa shape index (κ3) is 5.17. The number of amides is 1. The van der Waals surface area contributed by atoms with Crippen LogP contribution >= 0.6 is 15.9 Å². The van der Waals surface area contributed by atoms with Gasteiger partial charge in [0.2, 0.25) is 0 Å². The summed E-state index contributed by atoms with van der Waals surface area (Å²) in [5.41, 5.74) is -0.0756. The molecule has 1 unspecified atom stereocenters. The van der Waals surface area contributed by atoms with Crippen LogP contribution in [0, 0.1) is 11.6 Å². The number of hydrogen-bond donors (Lipinski definition) is 1. The van der Waals surface area contributed by atoms with Crippen LogP contribution in [0.15, 0.2) is 45.8 Å². The van der Waals surface area contributed by atoms with Gasteiger partial charge in [0, 0.05) is 32.5 Å². The molecule has 0 aliphatic carbocycles. The quantitative estimate of drug-likeness (QED) is 0.737. The molecule has 0 aromatic heterocycles. The number of nitrogens with one attached hydrogen (secondary N) is 1. The second-order valence-electron chi connectivity index (χ2n) is 4.85. The van der Waals surface area contributed by atoms with Crippen LogP contribution in [0.5, 0.6) is 0 Å². The number of rotatable bonds is 5. The highest BCUT2D eigenvalue weighted by Crippen LogP contribution is 2.26. The fourth-order valence-corrected chi connectivity index (χ4v) is 2.86. The fraction of sp³-hybridized carbons (Fsp3) is 0.125. The highest BCUT2D eigenvalue weighted by atomic mass is 79.9. The summed E-state index contributed by atoms with van der Waals surface area (Å²) >= 11 is 2.93. The van der Waals surface area contributed by atoms with Crippen molar-refractivity contribution in [2.75, 3.05) is 18.2 Å². The molecule has 5 nitrogen and oxygen atoms in total. The molecule has 0 saturated heterocycles. The van der Waals surface area contributed by atoms with Gasteiger partial charge in [-0.2, -0.15) is 0 Å². The predicted molar refractivity (Wildman–Crippen MR) is 91.7 cm³/mol. The molecule has 132 valence electrons. The Hall–Kier alpha value is -2.13. The molecule has 0 spiro atoms. The highest BCUT2D eigenvalue weighted by Gasteiger charge is 2.15. The van der Waals surface area contributed by atoms with E-state index in [1.54, 1.807) is 0 Å². The largest absolute Gasteiger partial charge is 0.452 e. The summed E-state index contributed by atoms with van der Waals surface area (Å²) in [7, 11) is -1.17. The SMILES string of the molecule is CS(=O)c1ccc(C(=O)OCC(=O)Nc2c(F)cc(F)cc2Br)cc1. The zero-order valence-corrected chi connectivity index (χ0v) is 15.2. The zero-order chi connectivity index (χ0) is 18.6. The Morgan fingerprint density at radius 2 is 1.84 bits per heavy atom. The van der Waals surface area contributed by atoms with Crippen LogP contribution in [0.2, 0.25) is 0 Å². The van der Waals surface area contributed by atoms with Crippen LogP contribution in [0.3, 0.4) is 0 Å². The third-order valence-electron chi connectivity index (χ3n) is 3.03. The molecule has 0 bridgehead atoms. The summed E-state index contributed by atoms with van der Waals surface area (Å²) < 4.78 is 42.7. The number of carbonyl (C=O) groups excluding carboxylic acids is 2. The molecule has 0 saturated carbocycles. The van der Waals surface area contributed by atoms with Crippen molar-refractivity contribution in [3.05, 3.63) is 58.1 Å². The Morgan fingerprint density at radius 3 is 2.40 bits per heavy atom. The van der Waals surface area contributed by atoms with Crippen LogP contribution in [-0.2, 0) is 20.3 Å². The smallest absolute Gasteiger partial charge is 0.338 e. The van der Waals surface area contributed by atoms with E-state index in [0.717, 1.165) is 6.07 Å². The monoisotopic (exact) mass is 431 g/mol. The van der Waals surface area contributed by atoms with E-state index in [1.807, 2.05) is 0 Å². The Bertz CT molecular complexity index is 820. The first-order chi connectivity index (χ1) is 11.8. The molecule has 0 fully saturated rings. The summed E-state index contributed by atoms with van der Waals surface area (Å²) in [5, 5.41) is 2.19. The van der Waals surface area contributed by atoms with Crippen molar-refractivity contribution < 1.29 is 27.3 Å². The van der Waals surface area contributed by atoms with Gasteiger partial charge in [0.25, 0.3) is 5.91 Å². The molecule has 9 heteroatoms. The van der Waals surface area contributed by atoms with Crippen molar-refractivity contribution in [3.8, 4) is 0 Å². The normalized spacial score (nSPS) is 11.7. The highest BCUT2D eigenvalue weighted by molar-refractivity contribution is 9.10. The second kappa shape index (κ2) is 8.30. The van der Waals surface area contributed by atoms with Crippen LogP contribution in [0.25, 0.3) is 0 Å². The van der Waals surface area contributed by atoms with Crippen molar-refractivity contribution in [2.24, 2.45) is 0 Å². The van der Waals surface area contributed by atoms with Gasteiger partial charge < -0.3 is 10.1 Å². The van der Waals surface area contributed by atoms with E-state index in [9.17, 15) is 22.6 Å². The maximum Gasteiger partial charge on any atom is 0.338 e. The van der Waals surface area contributed by atoms with E-state index < -0.39 is 40.9 Å². The lowest BCUT2D eigenvalue weighted by Gasteiger charge is -2.09. The average molecular weight is 432 g/mol. The summed E-state index contributed by atoms with van der Waals surface area (Å²) in [6.07, 6.45) is 1.50. The van der Waals surface area contributed by atoms with Gasteiger partial charge in [-0.15, -0.1) is 0 Å². The molecule has 25 heavy (non-hydrogen) atoms. The number of carbonyl (C=O) groups is 2. The number of halogens is 3. The zero-order valence-electron chi connectivity index (χ0n) is 12.8. The number of benzene rings is 2. The lowest BCUT2D eigenvalue weighted by atomic mass is 10.2. The van der Waals surface area contributed by atoms with E-state index in [2.05, 4.69) is 21.2 Å². The average Bonchev–Trinajstić information content (AvgIpc) is 2.56. The van der Waals surface area contributed by atoms with Crippen molar-refractivity contribution in [1.82, 2.24) is 0 Å². The summed E-state index contributed by atoms with van der Waals surface area (Å²) in [6.45, 7) is -0.649. The minimum absolute atomic E-state index is 0.0211. The van der Waals surface area contributed by atoms with Gasteiger partial charge in [-0.05, 0) is 46.3 Å². The third-order valence-corrected chi connectivity index (χ3v) is 4.59. The molecule has 1 N–H and O–H groups in total. The molecule has 0 radical (unpaired) electrons. The molecule has 0 heterocycles. The first-order valence-corrected chi connectivity index (χ1v) is 9.18. The molecule has 2 aromatic carbocycles. The van der Waals surface area contributed by atoms with E-state index >= 15 is 0 Å². The fourth-order valence-electron chi connectivity index (χ4n) is 1.83. The molecule has 2 rings (SSSR count). The van der Waals surface area contributed by atoms with E-state index in [0.29, 0.717) is 11.0 Å². The topological polar surface area (TPSA) is 72.5 Å². The standard InChI is InChI=1S/C16H12BrF2NO4S/c1-25(23)11-4-2-9(3-5-11)16(22)24-8-14(21)20-15-12(17)6-10(18)7-13(15)19/h2-7H,8H2,1H3,(H,20,21). The van der Waals surface area contributed by atoms with Gasteiger partial charge in [0.1, 0.15) is 5.82 Å². The number of hydrogen-bond acceptors (Lipinski definition) is 4. The van der Waals surface area contributed by atoms with Crippen molar-refractivity contribution >= 4 is 44.3 Å². The Balaban J connectivity index is 1.96. The van der Waals surface area contributed by atoms with Crippen molar-refractivity contribution in [1.29, 1.82) is 0 Å². The van der Waals surface area contributed by atoms with Gasteiger partial charge in [0.15, 0.2) is 12.4 Å². The Morgan fingerprint density at radius 1 is 1.20 bits per heavy atom. The van der Waals surface area contributed by atoms with Gasteiger partial charge in [-0.25, -0.2) is 13.6 Å². The minimum Gasteiger partial charge on any atom is -0.452 e. The van der Waals surface area contributed by atoms with E-state index in [4.69, 9.17) is 4.74 Å². The van der Waals surface area contributed by atoms with Crippen LogP contribution in [0.4, 0.5) is 14.5 Å². The summed E-state index contributed by atoms with van der Waals surface area (Å²) in [4.78, 5) is 24.2. The van der Waals surface area contributed by atoms with E-state index in [-0.39, 0.29) is 15.7 Å².